The van der Waals surface area contributed by atoms with Gasteiger partial charge in [0.1, 0.15) is 10.7 Å². The number of nitrogens with one attached hydrogen (secondary N) is 1. The van der Waals surface area contributed by atoms with Crippen molar-refractivity contribution in [2.24, 2.45) is 0 Å². The molecule has 3 N–H and O–H groups in total. The lowest BCUT2D eigenvalue weighted by molar-refractivity contribution is 0.104. The first-order valence-corrected chi connectivity index (χ1v) is 11.0. The van der Waals surface area contributed by atoms with Crippen molar-refractivity contribution in [1.29, 1.82) is 0 Å². The van der Waals surface area contributed by atoms with Gasteiger partial charge in [-0.05, 0) is 37.4 Å². The van der Waals surface area contributed by atoms with E-state index in [1.807, 2.05) is 12.1 Å². The van der Waals surface area contributed by atoms with Gasteiger partial charge in [0.05, 0.1) is 15.6 Å². The summed E-state index contributed by atoms with van der Waals surface area (Å²) in [6.45, 7) is 4.05. The summed E-state index contributed by atoms with van der Waals surface area (Å²) in [5.41, 5.74) is 8.30. The first kappa shape index (κ1) is 20.9. The third-order valence-corrected chi connectivity index (χ3v) is 6.63. The predicted molar refractivity (Wildman–Crippen MR) is 126 cm³/mol. The Kier molecular flexibility index (Phi) is 6.15. The topological polar surface area (TPSA) is 74.5 Å². The van der Waals surface area contributed by atoms with E-state index < -0.39 is 0 Å². The Morgan fingerprint density at radius 1 is 1.10 bits per heavy atom. The van der Waals surface area contributed by atoms with Crippen LogP contribution in [-0.2, 0) is 0 Å². The third-order valence-electron chi connectivity index (χ3n) is 5.02. The Labute approximate surface area is 189 Å². The van der Waals surface area contributed by atoms with Crippen LogP contribution in [0.25, 0.3) is 0 Å². The van der Waals surface area contributed by atoms with Crippen molar-refractivity contribution in [3.63, 3.8) is 0 Å². The highest BCUT2D eigenvalue weighted by Crippen LogP contribution is 2.34. The van der Waals surface area contributed by atoms with Gasteiger partial charge in [0, 0.05) is 37.6 Å². The van der Waals surface area contributed by atoms with Crippen molar-refractivity contribution < 1.29 is 4.79 Å². The fourth-order valence-corrected chi connectivity index (χ4v) is 4.77. The van der Waals surface area contributed by atoms with E-state index in [9.17, 15) is 4.79 Å². The molecule has 30 heavy (non-hydrogen) atoms. The van der Waals surface area contributed by atoms with Gasteiger partial charge in [0.15, 0.2) is 5.13 Å². The Balaban J connectivity index is 1.54. The third kappa shape index (κ3) is 4.39. The second-order valence-electron chi connectivity index (χ2n) is 7.12. The van der Waals surface area contributed by atoms with Crippen LogP contribution in [0.5, 0.6) is 0 Å². The van der Waals surface area contributed by atoms with Crippen LogP contribution in [0.2, 0.25) is 10.0 Å². The van der Waals surface area contributed by atoms with Crippen LogP contribution in [0.1, 0.15) is 15.2 Å². The first-order valence-electron chi connectivity index (χ1n) is 9.48. The van der Waals surface area contributed by atoms with Gasteiger partial charge in [0.2, 0.25) is 5.78 Å². The number of carbonyl (C=O) groups excluding carboxylic acids is 1. The highest BCUT2D eigenvalue weighted by Gasteiger charge is 2.23. The fourth-order valence-electron chi connectivity index (χ4n) is 3.34. The second-order valence-corrected chi connectivity index (χ2v) is 8.94. The summed E-state index contributed by atoms with van der Waals surface area (Å²) in [6, 6.07) is 13.1. The molecule has 0 bridgehead atoms. The Hall–Kier alpha value is -2.32. The number of likely N-dealkylation sites (N-methyl/N-ethyl adjacent to an activating group) is 1. The number of piperazine rings is 1. The maximum absolute atomic E-state index is 12.9. The largest absolute Gasteiger partial charge is 0.382 e. The quantitative estimate of drug-likeness (QED) is 0.533. The molecular weight excluding hydrogens is 441 g/mol. The van der Waals surface area contributed by atoms with Gasteiger partial charge >= 0.3 is 0 Å². The number of nitrogens with two attached hydrogens (primary N) is 1. The van der Waals surface area contributed by atoms with Gasteiger partial charge in [-0.1, -0.05) is 46.7 Å². The standard InChI is InChI=1S/C21H21Cl2N5OS/c1-27-8-10-28(11-9-27)14-5-2-4-13(12-14)25-21-26-20(24)19(30-21)18(29)17-15(22)6-3-7-16(17)23/h2-7,12H,8-11,24H2,1H3,(H,25,26). The zero-order chi connectivity index (χ0) is 21.3. The van der Waals surface area contributed by atoms with Crippen LogP contribution < -0.4 is 16.0 Å². The molecule has 9 heteroatoms. The molecule has 4 rings (SSSR count). The van der Waals surface area contributed by atoms with Crippen LogP contribution in [-0.4, -0.2) is 48.9 Å². The minimum Gasteiger partial charge on any atom is -0.382 e. The Morgan fingerprint density at radius 3 is 2.47 bits per heavy atom. The minimum atomic E-state index is -0.333. The predicted octanol–water partition coefficient (Wildman–Crippen LogP) is 4.76. The number of aromatic nitrogens is 1. The van der Waals surface area contributed by atoms with Crippen molar-refractivity contribution in [1.82, 2.24) is 9.88 Å². The number of rotatable bonds is 5. The van der Waals surface area contributed by atoms with E-state index in [0.29, 0.717) is 10.0 Å². The van der Waals surface area contributed by atoms with E-state index in [0.717, 1.165) is 37.6 Å². The molecule has 0 amide bonds. The molecule has 2 heterocycles. The van der Waals surface area contributed by atoms with E-state index >= 15 is 0 Å². The van der Waals surface area contributed by atoms with Crippen molar-refractivity contribution in [2.45, 2.75) is 0 Å². The maximum Gasteiger partial charge on any atom is 0.209 e. The lowest BCUT2D eigenvalue weighted by Gasteiger charge is -2.34. The number of halogens is 2. The number of hydrogen-bond acceptors (Lipinski definition) is 7. The number of nitrogens with zero attached hydrogens (tertiary/aromatic N) is 3. The molecule has 1 aliphatic heterocycles. The molecule has 0 atom stereocenters. The van der Waals surface area contributed by atoms with Crippen molar-refractivity contribution in [2.75, 3.05) is 49.2 Å². The van der Waals surface area contributed by atoms with E-state index in [2.05, 4.69) is 39.3 Å². The molecule has 1 aliphatic rings. The summed E-state index contributed by atoms with van der Waals surface area (Å²) in [5.74, 6) is -0.182. The normalized spacial score (nSPS) is 14.7. The molecule has 0 saturated carbocycles. The number of nitrogen functional groups attached to an aromatic ring is 1. The Bertz CT molecular complexity index is 1060. The van der Waals surface area contributed by atoms with Crippen molar-refractivity contribution in [3.8, 4) is 0 Å². The molecule has 0 unspecified atom stereocenters. The summed E-state index contributed by atoms with van der Waals surface area (Å²) < 4.78 is 0. The molecule has 0 radical (unpaired) electrons. The second kappa shape index (κ2) is 8.81. The summed E-state index contributed by atoms with van der Waals surface area (Å²) in [6.07, 6.45) is 0. The molecular formula is C21H21Cl2N5OS. The number of hydrogen-bond donors (Lipinski definition) is 2. The van der Waals surface area contributed by atoms with Crippen LogP contribution in [0.4, 0.5) is 22.3 Å². The SMILES string of the molecule is CN1CCN(c2cccc(Nc3nc(N)c(C(=O)c4c(Cl)cccc4Cl)s3)c2)CC1. The highest BCUT2D eigenvalue weighted by atomic mass is 35.5. The summed E-state index contributed by atoms with van der Waals surface area (Å²) in [7, 11) is 2.14. The number of ketones is 1. The molecule has 6 nitrogen and oxygen atoms in total. The van der Waals surface area contributed by atoms with Crippen LogP contribution >= 0.6 is 34.5 Å². The first-order chi connectivity index (χ1) is 14.4. The van der Waals surface area contributed by atoms with Gasteiger partial charge in [-0.3, -0.25) is 4.79 Å². The maximum atomic E-state index is 12.9. The number of benzene rings is 2. The number of anilines is 4. The van der Waals surface area contributed by atoms with E-state index in [-0.39, 0.29) is 27.2 Å². The summed E-state index contributed by atoms with van der Waals surface area (Å²) in [5, 5.41) is 4.37. The van der Waals surface area contributed by atoms with Crippen LogP contribution in [0.3, 0.4) is 0 Å². The summed E-state index contributed by atoms with van der Waals surface area (Å²) in [4.78, 5) is 22.3. The smallest absolute Gasteiger partial charge is 0.209 e. The molecule has 0 aliphatic carbocycles. The monoisotopic (exact) mass is 461 g/mol. The van der Waals surface area contributed by atoms with Crippen molar-refractivity contribution in [3.05, 3.63) is 63.0 Å². The molecule has 156 valence electrons. The van der Waals surface area contributed by atoms with E-state index in [1.54, 1.807) is 18.2 Å². The summed E-state index contributed by atoms with van der Waals surface area (Å²) >= 11 is 13.5. The van der Waals surface area contributed by atoms with Gasteiger partial charge in [0.25, 0.3) is 0 Å². The lowest BCUT2D eigenvalue weighted by atomic mass is 10.1. The fraction of sp³-hybridized carbons (Fsp3) is 0.238. The zero-order valence-electron chi connectivity index (χ0n) is 16.4. The van der Waals surface area contributed by atoms with Crippen molar-refractivity contribution >= 4 is 62.6 Å². The molecule has 0 spiro atoms. The number of thiazole rings is 1. The molecule has 1 fully saturated rings. The minimum absolute atomic E-state index is 0.152. The van der Waals surface area contributed by atoms with Crippen LogP contribution in [0.15, 0.2) is 42.5 Å². The lowest BCUT2D eigenvalue weighted by Crippen LogP contribution is -2.44. The zero-order valence-corrected chi connectivity index (χ0v) is 18.7. The highest BCUT2D eigenvalue weighted by molar-refractivity contribution is 7.18. The molecule has 1 saturated heterocycles. The van der Waals surface area contributed by atoms with Gasteiger partial charge < -0.3 is 20.9 Å². The average molecular weight is 462 g/mol. The van der Waals surface area contributed by atoms with E-state index in [4.69, 9.17) is 28.9 Å². The Morgan fingerprint density at radius 2 is 1.77 bits per heavy atom. The van der Waals surface area contributed by atoms with Gasteiger partial charge in [-0.2, -0.15) is 0 Å². The van der Waals surface area contributed by atoms with E-state index in [1.165, 1.54) is 11.3 Å². The number of carbonyl (C=O) groups is 1. The average Bonchev–Trinajstić information content (AvgIpc) is 3.08. The molecule has 1 aromatic heterocycles. The molecule has 3 aromatic rings. The van der Waals surface area contributed by atoms with Gasteiger partial charge in [-0.25, -0.2) is 4.98 Å². The van der Waals surface area contributed by atoms with Crippen LogP contribution in [0, 0.1) is 0 Å². The molecule has 2 aromatic carbocycles. The van der Waals surface area contributed by atoms with Gasteiger partial charge in [-0.15, -0.1) is 0 Å².